The van der Waals surface area contributed by atoms with Crippen LogP contribution in [-0.2, 0) is 20.1 Å². The summed E-state index contributed by atoms with van der Waals surface area (Å²) in [6.07, 6.45) is 1.72. The number of nitrogens with zero attached hydrogens (tertiary/aromatic N) is 5. The number of methoxy groups -OCH3 is 2. The molecule has 0 aliphatic carbocycles. The summed E-state index contributed by atoms with van der Waals surface area (Å²) in [5.41, 5.74) is 3.75. The van der Waals surface area contributed by atoms with Gasteiger partial charge in [-0.25, -0.2) is 14.4 Å². The molecule has 8 nitrogen and oxygen atoms in total. The average Bonchev–Trinajstić information content (AvgIpc) is 3.35. The molecular formula is C30H26ClFN6O2. The fraction of sp³-hybridized carbons (Fsp3) is 0.167. The fourth-order valence-electron chi connectivity index (χ4n) is 4.39. The van der Waals surface area contributed by atoms with E-state index >= 15 is 0 Å². The lowest BCUT2D eigenvalue weighted by Gasteiger charge is -2.25. The Morgan fingerprint density at radius 3 is 2.10 bits per heavy atom. The van der Waals surface area contributed by atoms with Crippen LogP contribution in [0.2, 0.25) is 5.02 Å². The molecule has 0 fully saturated rings. The van der Waals surface area contributed by atoms with Crippen molar-refractivity contribution in [2.24, 2.45) is 7.05 Å². The highest BCUT2D eigenvalue weighted by molar-refractivity contribution is 6.33. The molecule has 0 radical (unpaired) electrons. The molecule has 0 spiro atoms. The van der Waals surface area contributed by atoms with Crippen molar-refractivity contribution in [2.75, 3.05) is 24.4 Å². The number of anilines is 3. The van der Waals surface area contributed by atoms with E-state index in [-0.39, 0.29) is 16.3 Å². The number of fused-ring (bicyclic) bond motifs is 1. The van der Waals surface area contributed by atoms with Crippen molar-refractivity contribution in [3.63, 3.8) is 0 Å². The molecule has 2 heterocycles. The summed E-state index contributed by atoms with van der Waals surface area (Å²) < 4.78 is 27.4. The van der Waals surface area contributed by atoms with Gasteiger partial charge in [-0.15, -0.1) is 0 Å². The van der Waals surface area contributed by atoms with E-state index in [2.05, 4.69) is 15.2 Å². The second-order valence-corrected chi connectivity index (χ2v) is 9.57. The number of benzene rings is 3. The Balaban J connectivity index is 1.59. The van der Waals surface area contributed by atoms with E-state index in [1.165, 1.54) is 6.07 Å². The first-order valence-corrected chi connectivity index (χ1v) is 12.8. The van der Waals surface area contributed by atoms with Gasteiger partial charge in [0.2, 0.25) is 0 Å². The van der Waals surface area contributed by atoms with E-state index < -0.39 is 5.82 Å². The SMILES string of the molecule is COc1ccc(CN(Cc2ccc(OC)cc2)c2nc(Nc3c(F)cc(C#N)cc3Cl)cc3c2ncn3C)cc1. The van der Waals surface area contributed by atoms with Gasteiger partial charge in [0.05, 0.1) is 48.4 Å². The first-order chi connectivity index (χ1) is 19.4. The third-order valence-electron chi connectivity index (χ3n) is 6.48. The van der Waals surface area contributed by atoms with Crippen LogP contribution in [0.4, 0.5) is 21.7 Å². The number of halogens is 2. The Morgan fingerprint density at radius 2 is 1.57 bits per heavy atom. The van der Waals surface area contributed by atoms with Crippen molar-refractivity contribution < 1.29 is 13.9 Å². The number of hydrogen-bond acceptors (Lipinski definition) is 7. The molecule has 0 aliphatic rings. The van der Waals surface area contributed by atoms with Gasteiger partial charge < -0.3 is 24.3 Å². The molecule has 1 N–H and O–H groups in total. The molecule has 2 aromatic heterocycles. The smallest absolute Gasteiger partial charge is 0.159 e. The normalized spacial score (nSPS) is 10.8. The number of rotatable bonds is 9. The molecule has 0 unspecified atom stereocenters. The van der Waals surface area contributed by atoms with Crippen LogP contribution in [0.3, 0.4) is 0 Å². The number of hydrogen-bond donors (Lipinski definition) is 1. The number of aromatic nitrogens is 3. The minimum atomic E-state index is -0.647. The van der Waals surface area contributed by atoms with Crippen molar-refractivity contribution in [2.45, 2.75) is 13.1 Å². The van der Waals surface area contributed by atoms with E-state index in [0.29, 0.717) is 30.2 Å². The molecule has 5 aromatic rings. The molecule has 0 bridgehead atoms. The molecule has 0 saturated carbocycles. The lowest BCUT2D eigenvalue weighted by Crippen LogP contribution is -2.24. The lowest BCUT2D eigenvalue weighted by atomic mass is 10.1. The van der Waals surface area contributed by atoms with Crippen LogP contribution in [-0.4, -0.2) is 28.8 Å². The second-order valence-electron chi connectivity index (χ2n) is 9.16. The maximum atomic E-state index is 14.9. The lowest BCUT2D eigenvalue weighted by molar-refractivity contribution is 0.414. The third kappa shape index (κ3) is 5.63. The number of ether oxygens (including phenoxy) is 2. The van der Waals surface area contributed by atoms with Crippen LogP contribution in [0.1, 0.15) is 16.7 Å². The predicted molar refractivity (Wildman–Crippen MR) is 154 cm³/mol. The van der Waals surface area contributed by atoms with Gasteiger partial charge in [0.25, 0.3) is 0 Å². The summed E-state index contributed by atoms with van der Waals surface area (Å²) in [7, 11) is 5.15. The molecule has 0 saturated heterocycles. The number of imidazole rings is 1. The standard InChI is InChI=1S/C30H26ClFN6O2/c1-37-18-34-29-26(37)14-27(35-28-24(31)12-21(15-33)13-25(28)32)36-30(29)38(16-19-4-8-22(39-2)9-5-19)17-20-6-10-23(40-3)11-7-20/h4-14,18H,16-17H2,1-3H3,(H,35,36). The first kappa shape index (κ1) is 26.8. The van der Waals surface area contributed by atoms with E-state index in [4.69, 9.17) is 31.3 Å². The van der Waals surface area contributed by atoms with Crippen molar-refractivity contribution in [1.29, 1.82) is 5.26 Å². The summed E-state index contributed by atoms with van der Waals surface area (Å²) in [5, 5.41) is 12.3. The zero-order chi connectivity index (χ0) is 28.2. The van der Waals surface area contributed by atoms with E-state index in [9.17, 15) is 4.39 Å². The molecule has 0 atom stereocenters. The Hall–Kier alpha value is -4.81. The number of pyridine rings is 1. The van der Waals surface area contributed by atoms with Crippen molar-refractivity contribution in [3.05, 3.63) is 101 Å². The van der Waals surface area contributed by atoms with Gasteiger partial charge in [-0.05, 0) is 47.5 Å². The van der Waals surface area contributed by atoms with Crippen LogP contribution in [0.15, 0.2) is 73.1 Å². The molecule has 0 aliphatic heterocycles. The first-order valence-electron chi connectivity index (χ1n) is 12.4. The molecular weight excluding hydrogens is 531 g/mol. The quantitative estimate of drug-likeness (QED) is 0.219. The van der Waals surface area contributed by atoms with E-state index in [1.54, 1.807) is 26.6 Å². The molecule has 10 heteroatoms. The maximum absolute atomic E-state index is 14.9. The van der Waals surface area contributed by atoms with Crippen LogP contribution in [0.5, 0.6) is 11.5 Å². The molecule has 0 amide bonds. The summed E-state index contributed by atoms with van der Waals surface area (Å²) in [5.74, 6) is 1.88. The van der Waals surface area contributed by atoms with Gasteiger partial charge >= 0.3 is 0 Å². The van der Waals surface area contributed by atoms with E-state index in [1.807, 2.05) is 66.2 Å². The zero-order valence-electron chi connectivity index (χ0n) is 22.2. The van der Waals surface area contributed by atoms with Gasteiger partial charge in [-0.1, -0.05) is 35.9 Å². The topological polar surface area (TPSA) is 88.2 Å². The minimum absolute atomic E-state index is 0.0393. The third-order valence-corrected chi connectivity index (χ3v) is 6.78. The highest BCUT2D eigenvalue weighted by Crippen LogP contribution is 2.34. The van der Waals surface area contributed by atoms with Crippen LogP contribution < -0.4 is 19.7 Å². The highest BCUT2D eigenvalue weighted by Gasteiger charge is 2.20. The number of nitrogens with one attached hydrogen (secondary N) is 1. The predicted octanol–water partition coefficient (Wildman–Crippen LogP) is 6.60. The van der Waals surface area contributed by atoms with Gasteiger partial charge in [-0.2, -0.15) is 5.26 Å². The Kier molecular flexibility index (Phi) is 7.71. The maximum Gasteiger partial charge on any atom is 0.159 e. The molecule has 40 heavy (non-hydrogen) atoms. The Morgan fingerprint density at radius 1 is 0.975 bits per heavy atom. The number of aryl methyl sites for hydroxylation is 1. The molecule has 202 valence electrons. The largest absolute Gasteiger partial charge is 0.497 e. The summed E-state index contributed by atoms with van der Waals surface area (Å²) in [4.78, 5) is 11.6. The summed E-state index contributed by atoms with van der Waals surface area (Å²) in [6.45, 7) is 1.04. The Bertz CT molecular complexity index is 1620. The van der Waals surface area contributed by atoms with Gasteiger partial charge in [-0.3, -0.25) is 0 Å². The zero-order valence-corrected chi connectivity index (χ0v) is 22.9. The van der Waals surface area contributed by atoms with Crippen molar-refractivity contribution in [3.8, 4) is 17.6 Å². The van der Waals surface area contributed by atoms with Gasteiger partial charge in [0.15, 0.2) is 5.82 Å². The van der Waals surface area contributed by atoms with Crippen LogP contribution in [0, 0.1) is 17.1 Å². The molecule has 3 aromatic carbocycles. The summed E-state index contributed by atoms with van der Waals surface area (Å²) >= 11 is 6.33. The van der Waals surface area contributed by atoms with Crippen LogP contribution in [0.25, 0.3) is 11.0 Å². The fourth-order valence-corrected chi connectivity index (χ4v) is 4.64. The van der Waals surface area contributed by atoms with Crippen LogP contribution >= 0.6 is 11.6 Å². The highest BCUT2D eigenvalue weighted by atomic mass is 35.5. The molecule has 5 rings (SSSR count). The van der Waals surface area contributed by atoms with Gasteiger partial charge in [0.1, 0.15) is 28.7 Å². The summed E-state index contributed by atoms with van der Waals surface area (Å²) in [6, 6.07) is 21.9. The van der Waals surface area contributed by atoms with Gasteiger partial charge in [0, 0.05) is 26.2 Å². The monoisotopic (exact) mass is 556 g/mol. The minimum Gasteiger partial charge on any atom is -0.497 e. The van der Waals surface area contributed by atoms with E-state index in [0.717, 1.165) is 34.2 Å². The van der Waals surface area contributed by atoms with Crippen molar-refractivity contribution >= 4 is 40.0 Å². The van der Waals surface area contributed by atoms with Crippen molar-refractivity contribution in [1.82, 2.24) is 14.5 Å². The second kappa shape index (κ2) is 11.5. The Labute approximate surface area is 236 Å². The average molecular weight is 557 g/mol. The number of nitriles is 1.